The predicted octanol–water partition coefficient (Wildman–Crippen LogP) is 3.73. The van der Waals surface area contributed by atoms with Crippen molar-refractivity contribution in [1.29, 1.82) is 0 Å². The molecule has 11 heteroatoms. The number of methoxy groups -OCH3 is 1. The number of halogens is 2. The van der Waals surface area contributed by atoms with E-state index in [9.17, 15) is 22.4 Å². The summed E-state index contributed by atoms with van der Waals surface area (Å²) in [5, 5.41) is 3.21. The van der Waals surface area contributed by atoms with Crippen molar-refractivity contribution in [2.45, 2.75) is 51.2 Å². The van der Waals surface area contributed by atoms with Gasteiger partial charge in [-0.3, -0.25) is 13.9 Å². The summed E-state index contributed by atoms with van der Waals surface area (Å²) in [4.78, 5) is 27.8. The zero-order valence-corrected chi connectivity index (χ0v) is 22.1. The lowest BCUT2D eigenvalue weighted by molar-refractivity contribution is -0.139. The van der Waals surface area contributed by atoms with E-state index in [0.29, 0.717) is 0 Å². The summed E-state index contributed by atoms with van der Waals surface area (Å²) in [6.45, 7) is 0.702. The maximum absolute atomic E-state index is 14.5. The molecule has 1 aliphatic rings. The Morgan fingerprint density at radius 2 is 1.86 bits per heavy atom. The first-order valence-corrected chi connectivity index (χ1v) is 13.9. The van der Waals surface area contributed by atoms with E-state index in [1.54, 1.807) is 13.0 Å². The van der Waals surface area contributed by atoms with Gasteiger partial charge in [-0.15, -0.1) is 0 Å². The predicted molar refractivity (Wildman–Crippen MR) is 137 cm³/mol. The van der Waals surface area contributed by atoms with Gasteiger partial charge in [-0.05, 0) is 44.0 Å². The van der Waals surface area contributed by atoms with Gasteiger partial charge < -0.3 is 15.0 Å². The molecular formula is C25H31ClFN3O5S. The number of nitrogens with zero attached hydrogens (tertiary/aromatic N) is 2. The van der Waals surface area contributed by atoms with Crippen molar-refractivity contribution in [2.75, 3.05) is 24.2 Å². The van der Waals surface area contributed by atoms with Gasteiger partial charge in [-0.2, -0.15) is 0 Å². The van der Waals surface area contributed by atoms with Crippen molar-refractivity contribution in [3.63, 3.8) is 0 Å². The highest BCUT2D eigenvalue weighted by atomic mass is 35.5. The molecule has 0 saturated heterocycles. The second-order valence-electron chi connectivity index (χ2n) is 8.86. The fraction of sp³-hybridized carbons (Fsp3) is 0.440. The van der Waals surface area contributed by atoms with Crippen molar-refractivity contribution in [1.82, 2.24) is 10.2 Å². The van der Waals surface area contributed by atoms with E-state index in [2.05, 4.69) is 5.32 Å². The Kier molecular flexibility index (Phi) is 9.19. The molecule has 0 unspecified atom stereocenters. The van der Waals surface area contributed by atoms with Gasteiger partial charge in [0.05, 0.1) is 19.1 Å². The summed E-state index contributed by atoms with van der Waals surface area (Å²) in [5.41, 5.74) is 0.285. The van der Waals surface area contributed by atoms with Gasteiger partial charge in [0.15, 0.2) is 0 Å². The molecule has 0 aromatic heterocycles. The summed E-state index contributed by atoms with van der Waals surface area (Å²) in [7, 11) is -2.60. The zero-order chi connectivity index (χ0) is 26.5. The Labute approximate surface area is 216 Å². The molecule has 3 rings (SSSR count). The van der Waals surface area contributed by atoms with Crippen LogP contribution in [0.3, 0.4) is 0 Å². The number of nitrogens with one attached hydrogen (secondary N) is 1. The first-order chi connectivity index (χ1) is 17.0. The molecule has 1 N–H and O–H groups in total. The van der Waals surface area contributed by atoms with E-state index >= 15 is 0 Å². The molecule has 0 spiro atoms. The van der Waals surface area contributed by atoms with Crippen LogP contribution in [0.25, 0.3) is 0 Å². The van der Waals surface area contributed by atoms with Crippen molar-refractivity contribution < 1.29 is 27.1 Å². The van der Waals surface area contributed by atoms with Crippen molar-refractivity contribution in [3.05, 3.63) is 58.9 Å². The van der Waals surface area contributed by atoms with Gasteiger partial charge in [-0.25, -0.2) is 12.8 Å². The monoisotopic (exact) mass is 539 g/mol. The van der Waals surface area contributed by atoms with Crippen LogP contribution in [0.4, 0.5) is 10.1 Å². The normalized spacial score (nSPS) is 14.8. The maximum atomic E-state index is 14.5. The minimum Gasteiger partial charge on any atom is -0.495 e. The van der Waals surface area contributed by atoms with Gasteiger partial charge in [0, 0.05) is 23.2 Å². The fourth-order valence-corrected chi connectivity index (χ4v) is 5.25. The smallest absolute Gasteiger partial charge is 0.244 e. The molecule has 36 heavy (non-hydrogen) atoms. The van der Waals surface area contributed by atoms with Gasteiger partial charge in [0.1, 0.15) is 24.2 Å². The third-order valence-electron chi connectivity index (χ3n) is 6.26. The Balaban J connectivity index is 1.94. The number of hydrogen-bond donors (Lipinski definition) is 1. The van der Waals surface area contributed by atoms with Crippen molar-refractivity contribution in [3.8, 4) is 5.75 Å². The molecule has 0 aliphatic heterocycles. The average Bonchev–Trinajstić information content (AvgIpc) is 3.33. The third kappa shape index (κ3) is 6.88. The second-order valence-corrected chi connectivity index (χ2v) is 11.2. The van der Waals surface area contributed by atoms with Crippen LogP contribution in [0.5, 0.6) is 5.75 Å². The van der Waals surface area contributed by atoms with Crippen LogP contribution in [-0.4, -0.2) is 57.1 Å². The number of anilines is 1. The van der Waals surface area contributed by atoms with Crippen LogP contribution in [-0.2, 0) is 26.2 Å². The minimum absolute atomic E-state index is 0.0219. The molecule has 0 bridgehead atoms. The van der Waals surface area contributed by atoms with Crippen molar-refractivity contribution in [2.24, 2.45) is 0 Å². The molecular weight excluding hydrogens is 509 g/mol. The summed E-state index contributed by atoms with van der Waals surface area (Å²) >= 11 is 6.10. The first-order valence-electron chi connectivity index (χ1n) is 11.7. The SMILES string of the molecule is COc1ccc(Cl)cc1N(CC(=O)N(Cc1ccccc1F)[C@H](C)C(=O)NC1CCCC1)S(C)(=O)=O. The highest BCUT2D eigenvalue weighted by molar-refractivity contribution is 7.92. The Morgan fingerprint density at radius 1 is 1.19 bits per heavy atom. The number of rotatable bonds is 10. The summed E-state index contributed by atoms with van der Waals surface area (Å²) < 4.78 is 46.1. The van der Waals surface area contributed by atoms with Crippen LogP contribution >= 0.6 is 11.6 Å². The molecule has 1 aliphatic carbocycles. The lowest BCUT2D eigenvalue weighted by Gasteiger charge is -2.32. The molecule has 2 amide bonds. The molecule has 1 atom stereocenters. The number of amides is 2. The van der Waals surface area contributed by atoms with Gasteiger partial charge in [0.2, 0.25) is 21.8 Å². The van der Waals surface area contributed by atoms with E-state index < -0.39 is 34.3 Å². The minimum atomic E-state index is -3.97. The number of carbonyl (C=O) groups is 2. The summed E-state index contributed by atoms with van der Waals surface area (Å²) in [6, 6.07) is 9.40. The lowest BCUT2D eigenvalue weighted by atomic mass is 10.1. The van der Waals surface area contributed by atoms with E-state index in [1.807, 2.05) is 0 Å². The molecule has 0 radical (unpaired) electrons. The second kappa shape index (κ2) is 11.9. The van der Waals surface area contributed by atoms with E-state index in [4.69, 9.17) is 16.3 Å². The zero-order valence-electron chi connectivity index (χ0n) is 20.5. The highest BCUT2D eigenvalue weighted by Gasteiger charge is 2.32. The molecule has 8 nitrogen and oxygen atoms in total. The summed E-state index contributed by atoms with van der Waals surface area (Å²) in [6.07, 6.45) is 4.70. The standard InChI is InChI=1S/C25H31ClFN3O5S/c1-17(25(32)28-20-9-5-6-10-20)29(15-18-8-4-7-11-21(18)27)24(31)16-30(36(3,33)34)22-14-19(26)12-13-23(22)35-2/h4,7-8,11-14,17,20H,5-6,9-10,15-16H2,1-3H3,(H,28,32)/t17-/m1/s1. The number of carbonyl (C=O) groups excluding carboxylic acids is 2. The van der Waals surface area contributed by atoms with E-state index in [-0.39, 0.29) is 40.5 Å². The van der Waals surface area contributed by atoms with Crippen LogP contribution in [0.15, 0.2) is 42.5 Å². The maximum Gasteiger partial charge on any atom is 0.244 e. The number of benzene rings is 2. The third-order valence-corrected chi connectivity index (χ3v) is 7.62. The van der Waals surface area contributed by atoms with Gasteiger partial charge in [-0.1, -0.05) is 42.6 Å². The Bertz CT molecular complexity index is 1200. The summed E-state index contributed by atoms with van der Waals surface area (Å²) in [5.74, 6) is -1.39. The first kappa shape index (κ1) is 27.7. The average molecular weight is 540 g/mol. The molecule has 1 saturated carbocycles. The number of ether oxygens (including phenoxy) is 1. The van der Waals surface area contributed by atoms with E-state index in [0.717, 1.165) is 36.2 Å². The van der Waals surface area contributed by atoms with Gasteiger partial charge >= 0.3 is 0 Å². The lowest BCUT2D eigenvalue weighted by Crippen LogP contribution is -2.52. The van der Waals surface area contributed by atoms with Crippen LogP contribution in [0, 0.1) is 5.82 Å². The number of sulfonamides is 1. The molecule has 2 aromatic carbocycles. The van der Waals surface area contributed by atoms with Crippen LogP contribution < -0.4 is 14.4 Å². The van der Waals surface area contributed by atoms with Crippen LogP contribution in [0.2, 0.25) is 5.02 Å². The van der Waals surface area contributed by atoms with Crippen molar-refractivity contribution >= 4 is 39.1 Å². The van der Waals surface area contributed by atoms with Crippen LogP contribution in [0.1, 0.15) is 38.2 Å². The largest absolute Gasteiger partial charge is 0.495 e. The number of hydrogen-bond acceptors (Lipinski definition) is 5. The molecule has 0 heterocycles. The molecule has 2 aromatic rings. The Morgan fingerprint density at radius 3 is 2.47 bits per heavy atom. The Hall–Kier alpha value is -2.85. The molecule has 196 valence electrons. The quantitative estimate of drug-likeness (QED) is 0.496. The molecule has 1 fully saturated rings. The highest BCUT2D eigenvalue weighted by Crippen LogP contribution is 2.33. The topological polar surface area (TPSA) is 96.0 Å². The van der Waals surface area contributed by atoms with E-state index in [1.165, 1.54) is 48.4 Å². The fourth-order valence-electron chi connectivity index (χ4n) is 4.24. The van der Waals surface area contributed by atoms with Gasteiger partial charge in [0.25, 0.3) is 0 Å².